The molecule has 1 amide bonds. The highest BCUT2D eigenvalue weighted by Crippen LogP contribution is 2.75. The van der Waals surface area contributed by atoms with E-state index in [1.165, 1.54) is 6.07 Å². The molecule has 3 aromatic rings. The summed E-state index contributed by atoms with van der Waals surface area (Å²) in [5.74, 6) is -1.43. The van der Waals surface area contributed by atoms with E-state index in [4.69, 9.17) is 4.74 Å². The van der Waals surface area contributed by atoms with Crippen molar-refractivity contribution < 1.29 is 23.8 Å². The van der Waals surface area contributed by atoms with Crippen LogP contribution in [0.1, 0.15) is 47.4 Å². The standard InChI is InChI=1S/C29H26FNO4/c1-17-10-18(12-19(30)11-17)28-14-29(15-28,16-28)25(26(32)33)31-27(34)35-13-24-22-8-4-2-6-20(22)21-7-3-5-9-23(21)24/h2-12,24-25H,13-16H2,1H3,(H,31,34)(H,32,33). The third-order valence-electron chi connectivity index (χ3n) is 8.19. The van der Waals surface area contributed by atoms with E-state index < -0.39 is 23.5 Å². The maximum Gasteiger partial charge on any atom is 0.407 e. The lowest BCUT2D eigenvalue weighted by atomic mass is 9.31. The quantitative estimate of drug-likeness (QED) is 0.494. The van der Waals surface area contributed by atoms with Crippen LogP contribution in [0.4, 0.5) is 9.18 Å². The summed E-state index contributed by atoms with van der Waals surface area (Å²) in [6.07, 6.45) is 1.12. The lowest BCUT2D eigenvalue weighted by Gasteiger charge is -2.72. The normalized spacial score (nSPS) is 24.4. The van der Waals surface area contributed by atoms with Crippen molar-refractivity contribution in [3.05, 3.63) is 94.8 Å². The number of amides is 1. The number of carboxylic acid groups (broad SMARTS) is 1. The number of hydrogen-bond acceptors (Lipinski definition) is 3. The van der Waals surface area contributed by atoms with Crippen molar-refractivity contribution in [2.45, 2.75) is 43.6 Å². The van der Waals surface area contributed by atoms with Crippen LogP contribution < -0.4 is 5.32 Å². The number of aryl methyl sites for hydroxylation is 1. The summed E-state index contributed by atoms with van der Waals surface area (Å²) in [7, 11) is 0. The molecular formula is C29H26FNO4. The predicted octanol–water partition coefficient (Wildman–Crippen LogP) is 5.55. The van der Waals surface area contributed by atoms with Gasteiger partial charge in [-0.15, -0.1) is 0 Å². The molecule has 0 aliphatic heterocycles. The minimum absolute atomic E-state index is 0.0918. The topological polar surface area (TPSA) is 75.6 Å². The van der Waals surface area contributed by atoms with Crippen LogP contribution in [0.2, 0.25) is 0 Å². The van der Waals surface area contributed by atoms with Gasteiger partial charge in [-0.1, -0.05) is 54.6 Å². The zero-order valence-electron chi connectivity index (χ0n) is 19.4. The van der Waals surface area contributed by atoms with E-state index in [0.717, 1.165) is 33.4 Å². The molecule has 0 spiro atoms. The van der Waals surface area contributed by atoms with Crippen LogP contribution in [0.15, 0.2) is 66.7 Å². The lowest BCUT2D eigenvalue weighted by Crippen LogP contribution is -2.73. The van der Waals surface area contributed by atoms with Gasteiger partial charge in [0.25, 0.3) is 0 Å². The number of hydrogen-bond donors (Lipinski definition) is 2. The SMILES string of the molecule is Cc1cc(F)cc(C23CC(C(NC(=O)OCC4c5ccccc5-c5ccccc54)C(=O)O)(C2)C3)c1. The molecule has 3 aromatic carbocycles. The van der Waals surface area contributed by atoms with Crippen molar-refractivity contribution in [1.82, 2.24) is 5.32 Å². The summed E-state index contributed by atoms with van der Waals surface area (Å²) in [5, 5.41) is 12.5. The van der Waals surface area contributed by atoms with Crippen LogP contribution in [0.5, 0.6) is 0 Å². The number of halogens is 1. The summed E-state index contributed by atoms with van der Waals surface area (Å²) >= 11 is 0. The Hall–Kier alpha value is -3.67. The molecule has 6 heteroatoms. The van der Waals surface area contributed by atoms with Crippen LogP contribution >= 0.6 is 0 Å². The monoisotopic (exact) mass is 471 g/mol. The summed E-state index contributed by atoms with van der Waals surface area (Å²) < 4.78 is 19.5. The molecule has 2 N–H and O–H groups in total. The zero-order valence-corrected chi connectivity index (χ0v) is 19.4. The third kappa shape index (κ3) is 3.34. The van der Waals surface area contributed by atoms with Gasteiger partial charge in [-0.05, 0) is 77.1 Å². The van der Waals surface area contributed by atoms with Crippen LogP contribution in [-0.2, 0) is 14.9 Å². The number of carbonyl (C=O) groups is 2. The van der Waals surface area contributed by atoms with E-state index in [0.29, 0.717) is 19.3 Å². The third-order valence-corrected chi connectivity index (χ3v) is 8.19. The van der Waals surface area contributed by atoms with Crippen LogP contribution in [0, 0.1) is 18.2 Å². The molecule has 4 aliphatic rings. The molecule has 178 valence electrons. The lowest BCUT2D eigenvalue weighted by molar-refractivity contribution is -0.183. The number of nitrogens with one attached hydrogen (secondary N) is 1. The predicted molar refractivity (Wildman–Crippen MR) is 129 cm³/mol. The van der Waals surface area contributed by atoms with E-state index in [1.807, 2.05) is 49.4 Å². The van der Waals surface area contributed by atoms with Crippen LogP contribution in [0.3, 0.4) is 0 Å². The Kier molecular flexibility index (Phi) is 4.78. The van der Waals surface area contributed by atoms with Crippen LogP contribution in [-0.4, -0.2) is 29.8 Å². The Morgan fingerprint density at radius 3 is 2.20 bits per heavy atom. The largest absolute Gasteiger partial charge is 0.480 e. The minimum Gasteiger partial charge on any atom is -0.480 e. The van der Waals surface area contributed by atoms with Crippen molar-refractivity contribution in [2.75, 3.05) is 6.61 Å². The number of aliphatic carboxylic acids is 1. The number of carbonyl (C=O) groups excluding carboxylic acids is 1. The Labute approximate surface area is 202 Å². The van der Waals surface area contributed by atoms with Gasteiger partial charge in [0.1, 0.15) is 18.5 Å². The summed E-state index contributed by atoms with van der Waals surface area (Å²) in [4.78, 5) is 24.8. The molecule has 1 atom stereocenters. The molecule has 5 nitrogen and oxygen atoms in total. The highest BCUT2D eigenvalue weighted by atomic mass is 19.1. The fourth-order valence-electron chi connectivity index (χ4n) is 6.76. The van der Waals surface area contributed by atoms with Gasteiger partial charge in [0.15, 0.2) is 0 Å². The summed E-state index contributed by atoms with van der Waals surface area (Å²) in [6, 6.07) is 20.1. The minimum atomic E-state index is -1.07. The first-order chi connectivity index (χ1) is 16.8. The highest BCUT2D eigenvalue weighted by molar-refractivity contribution is 5.82. The maximum atomic E-state index is 13.9. The van der Waals surface area contributed by atoms with E-state index in [-0.39, 0.29) is 23.8 Å². The van der Waals surface area contributed by atoms with E-state index in [1.54, 1.807) is 6.07 Å². The van der Waals surface area contributed by atoms with Gasteiger partial charge in [-0.3, -0.25) is 0 Å². The van der Waals surface area contributed by atoms with Crippen molar-refractivity contribution in [1.29, 1.82) is 0 Å². The highest BCUT2D eigenvalue weighted by Gasteiger charge is 2.72. The summed E-state index contributed by atoms with van der Waals surface area (Å²) in [5.41, 5.74) is 5.53. The number of fused-ring (bicyclic) bond motifs is 3. The Morgan fingerprint density at radius 1 is 1.03 bits per heavy atom. The number of benzene rings is 3. The van der Waals surface area contributed by atoms with Gasteiger partial charge < -0.3 is 15.2 Å². The number of carboxylic acids is 1. The molecule has 0 saturated heterocycles. The molecule has 2 bridgehead atoms. The zero-order chi connectivity index (χ0) is 24.4. The maximum absolute atomic E-state index is 13.9. The fraction of sp³-hybridized carbons (Fsp3) is 0.310. The van der Waals surface area contributed by atoms with E-state index in [9.17, 15) is 19.1 Å². The smallest absolute Gasteiger partial charge is 0.407 e. The second-order valence-electron chi connectivity index (χ2n) is 10.4. The van der Waals surface area contributed by atoms with Crippen molar-refractivity contribution in [2.24, 2.45) is 5.41 Å². The van der Waals surface area contributed by atoms with Crippen LogP contribution in [0.25, 0.3) is 11.1 Å². The van der Waals surface area contributed by atoms with Gasteiger partial charge in [0.05, 0.1) is 0 Å². The fourth-order valence-corrected chi connectivity index (χ4v) is 6.76. The Bertz CT molecular complexity index is 1280. The van der Waals surface area contributed by atoms with Gasteiger partial charge >= 0.3 is 12.1 Å². The van der Waals surface area contributed by atoms with Gasteiger partial charge in [0.2, 0.25) is 0 Å². The Balaban J connectivity index is 1.13. The summed E-state index contributed by atoms with van der Waals surface area (Å²) in [6.45, 7) is 1.98. The molecule has 3 saturated carbocycles. The first kappa shape index (κ1) is 21.8. The molecule has 0 heterocycles. The van der Waals surface area contributed by atoms with Gasteiger partial charge in [-0.25, -0.2) is 14.0 Å². The average molecular weight is 472 g/mol. The number of rotatable bonds is 6. The number of alkyl carbamates (subject to hydrolysis) is 1. The van der Waals surface area contributed by atoms with E-state index >= 15 is 0 Å². The number of ether oxygens (including phenoxy) is 1. The van der Waals surface area contributed by atoms with Gasteiger partial charge in [0, 0.05) is 11.3 Å². The molecule has 0 radical (unpaired) electrons. The van der Waals surface area contributed by atoms with Gasteiger partial charge in [-0.2, -0.15) is 0 Å². The molecule has 4 aliphatic carbocycles. The first-order valence-electron chi connectivity index (χ1n) is 11.9. The molecule has 35 heavy (non-hydrogen) atoms. The molecule has 0 aromatic heterocycles. The Morgan fingerprint density at radius 2 is 1.63 bits per heavy atom. The molecule has 3 fully saturated rings. The average Bonchev–Trinajstić information content (AvgIpc) is 3.08. The van der Waals surface area contributed by atoms with Crippen molar-refractivity contribution >= 4 is 12.1 Å². The van der Waals surface area contributed by atoms with E-state index in [2.05, 4.69) is 17.4 Å². The molecular weight excluding hydrogens is 445 g/mol. The molecule has 7 rings (SSSR count). The first-order valence-corrected chi connectivity index (χ1v) is 11.9. The van der Waals surface area contributed by atoms with Crippen molar-refractivity contribution in [3.63, 3.8) is 0 Å². The van der Waals surface area contributed by atoms with Crippen molar-refractivity contribution in [3.8, 4) is 11.1 Å². The molecule has 1 unspecified atom stereocenters. The second kappa shape index (κ2) is 7.67. The second-order valence-corrected chi connectivity index (χ2v) is 10.4.